The number of carbonyl (C=O) groups is 1. The molecule has 0 spiro atoms. The molecule has 0 bridgehead atoms. The molecular weight excluding hydrogens is 294 g/mol. The number of sulfone groups is 1. The minimum Gasteiger partial charge on any atom is -0.480 e. The quantitative estimate of drug-likeness (QED) is 0.780. The van der Waals surface area contributed by atoms with Crippen molar-refractivity contribution >= 4 is 31.5 Å². The Morgan fingerprint density at radius 1 is 1.16 bits per heavy atom. The van der Waals surface area contributed by atoms with Crippen LogP contribution in [-0.2, 0) is 24.7 Å². The van der Waals surface area contributed by atoms with E-state index in [9.17, 15) is 21.6 Å². The van der Waals surface area contributed by atoms with Crippen LogP contribution in [0, 0.1) is 0 Å². The average Bonchev–Trinajstić information content (AvgIpc) is 2.27. The Labute approximate surface area is 111 Å². The van der Waals surface area contributed by atoms with Crippen molar-refractivity contribution in [3.63, 3.8) is 0 Å². The van der Waals surface area contributed by atoms with Crippen LogP contribution in [0.1, 0.15) is 6.92 Å². The van der Waals surface area contributed by atoms with Gasteiger partial charge in [0.25, 0.3) is 0 Å². The number of sulfonamides is 1. The summed E-state index contributed by atoms with van der Waals surface area (Å²) in [4.78, 5) is 10.4. The summed E-state index contributed by atoms with van der Waals surface area (Å²) in [6, 6.07) is 5.05. The van der Waals surface area contributed by atoms with Crippen molar-refractivity contribution in [3.8, 4) is 0 Å². The van der Waals surface area contributed by atoms with Gasteiger partial charge >= 0.3 is 5.97 Å². The highest BCUT2D eigenvalue weighted by Crippen LogP contribution is 2.16. The number of hydrogen-bond acceptors (Lipinski definition) is 5. The van der Waals surface area contributed by atoms with Crippen LogP contribution in [0.15, 0.2) is 29.2 Å². The molecule has 7 nitrogen and oxygen atoms in total. The predicted octanol–water partition coefficient (Wildman–Crippen LogP) is 0.306. The van der Waals surface area contributed by atoms with Crippen LogP contribution in [0.3, 0.4) is 0 Å². The Morgan fingerprint density at radius 3 is 2.11 bits per heavy atom. The molecule has 9 heteroatoms. The van der Waals surface area contributed by atoms with Gasteiger partial charge in [0.05, 0.1) is 10.6 Å². The van der Waals surface area contributed by atoms with Crippen molar-refractivity contribution in [2.24, 2.45) is 0 Å². The Morgan fingerprint density at radius 2 is 1.68 bits per heavy atom. The molecule has 0 fully saturated rings. The highest BCUT2D eigenvalue weighted by atomic mass is 32.2. The van der Waals surface area contributed by atoms with Gasteiger partial charge in [0.15, 0.2) is 15.6 Å². The molecule has 0 saturated carbocycles. The van der Waals surface area contributed by atoms with Crippen molar-refractivity contribution in [2.75, 3.05) is 16.2 Å². The zero-order valence-electron chi connectivity index (χ0n) is 10.0. The summed E-state index contributed by atoms with van der Waals surface area (Å²) in [6.07, 6.45) is 0. The molecule has 2 N–H and O–H groups in total. The summed E-state index contributed by atoms with van der Waals surface area (Å²) in [5.41, 5.74) is 0.108. The maximum Gasteiger partial charge on any atom is 0.320 e. The molecule has 0 radical (unpaired) electrons. The van der Waals surface area contributed by atoms with E-state index in [1.807, 2.05) is 4.72 Å². The molecule has 0 heterocycles. The standard InChI is InChI=1S/C10H13NO6S2/c1-2-18(14,15)9-5-3-8(4-6-9)11-19(16,17)7-10(12)13/h3-6,11H,2,7H2,1H3,(H,12,13). The molecule has 0 unspecified atom stereocenters. The van der Waals surface area contributed by atoms with Gasteiger partial charge in [-0.15, -0.1) is 0 Å². The Hall–Kier alpha value is -1.61. The lowest BCUT2D eigenvalue weighted by molar-refractivity contribution is -0.134. The molecule has 0 aliphatic heterocycles. The Kier molecular flexibility index (Phi) is 4.53. The van der Waals surface area contributed by atoms with Gasteiger partial charge in [-0.3, -0.25) is 9.52 Å². The van der Waals surface area contributed by atoms with E-state index in [0.29, 0.717) is 0 Å². The van der Waals surface area contributed by atoms with Gasteiger partial charge in [-0.05, 0) is 24.3 Å². The first-order valence-electron chi connectivity index (χ1n) is 5.21. The fraction of sp³-hybridized carbons (Fsp3) is 0.300. The van der Waals surface area contributed by atoms with E-state index < -0.39 is 31.6 Å². The molecule has 19 heavy (non-hydrogen) atoms. The minimum absolute atomic E-state index is 0.0584. The summed E-state index contributed by atoms with van der Waals surface area (Å²) in [7, 11) is -7.34. The molecule has 0 atom stereocenters. The molecule has 1 aromatic rings. The summed E-state index contributed by atoms with van der Waals surface area (Å²) in [5, 5.41) is 8.41. The van der Waals surface area contributed by atoms with Gasteiger partial charge < -0.3 is 5.11 Å². The minimum atomic E-state index is -3.99. The topological polar surface area (TPSA) is 118 Å². The first-order chi connectivity index (χ1) is 8.66. The van der Waals surface area contributed by atoms with E-state index in [4.69, 9.17) is 5.11 Å². The smallest absolute Gasteiger partial charge is 0.320 e. The van der Waals surface area contributed by atoms with Crippen LogP contribution in [0.4, 0.5) is 5.69 Å². The highest BCUT2D eigenvalue weighted by Gasteiger charge is 2.16. The SMILES string of the molecule is CCS(=O)(=O)c1ccc(NS(=O)(=O)CC(=O)O)cc1. The maximum absolute atomic E-state index is 11.5. The van der Waals surface area contributed by atoms with Gasteiger partial charge in [-0.2, -0.15) is 0 Å². The maximum atomic E-state index is 11.5. The van der Waals surface area contributed by atoms with Gasteiger partial charge in [0.1, 0.15) is 0 Å². The largest absolute Gasteiger partial charge is 0.480 e. The zero-order chi connectivity index (χ0) is 14.7. The molecule has 1 aromatic carbocycles. The fourth-order valence-electron chi connectivity index (χ4n) is 1.28. The van der Waals surface area contributed by atoms with Crippen molar-refractivity contribution in [2.45, 2.75) is 11.8 Å². The van der Waals surface area contributed by atoms with Crippen LogP contribution in [0.25, 0.3) is 0 Å². The monoisotopic (exact) mass is 307 g/mol. The van der Waals surface area contributed by atoms with Crippen molar-refractivity contribution in [1.82, 2.24) is 0 Å². The summed E-state index contributed by atoms with van der Waals surface area (Å²) < 4.78 is 47.8. The number of carboxylic acids is 1. The van der Waals surface area contributed by atoms with E-state index in [0.717, 1.165) is 0 Å². The Balaban J connectivity index is 2.93. The summed E-state index contributed by atoms with van der Waals surface area (Å²) in [5.74, 6) is -2.59. The third-order valence-electron chi connectivity index (χ3n) is 2.18. The number of aliphatic carboxylic acids is 1. The van der Waals surface area contributed by atoms with Crippen molar-refractivity contribution < 1.29 is 26.7 Å². The molecule has 0 amide bonds. The lowest BCUT2D eigenvalue weighted by Crippen LogP contribution is -2.22. The molecule has 106 valence electrons. The lowest BCUT2D eigenvalue weighted by Gasteiger charge is -2.07. The van der Waals surface area contributed by atoms with Gasteiger partial charge in [-0.1, -0.05) is 6.92 Å². The van der Waals surface area contributed by atoms with Crippen LogP contribution in [0.2, 0.25) is 0 Å². The third-order valence-corrected chi connectivity index (χ3v) is 5.10. The number of benzene rings is 1. The number of nitrogens with one attached hydrogen (secondary N) is 1. The lowest BCUT2D eigenvalue weighted by atomic mass is 10.3. The fourth-order valence-corrected chi connectivity index (χ4v) is 3.05. The van der Waals surface area contributed by atoms with Gasteiger partial charge in [0.2, 0.25) is 10.0 Å². The third kappa shape index (κ3) is 4.52. The van der Waals surface area contributed by atoms with E-state index in [2.05, 4.69) is 0 Å². The van der Waals surface area contributed by atoms with Gasteiger partial charge in [0, 0.05) is 5.69 Å². The van der Waals surface area contributed by atoms with Crippen LogP contribution >= 0.6 is 0 Å². The highest BCUT2D eigenvalue weighted by molar-refractivity contribution is 7.93. The predicted molar refractivity (Wildman–Crippen MR) is 69.2 cm³/mol. The normalized spacial score (nSPS) is 12.1. The molecular formula is C10H13NO6S2. The number of carboxylic acid groups (broad SMARTS) is 1. The van der Waals surface area contributed by atoms with E-state index in [1.54, 1.807) is 0 Å². The molecule has 0 aliphatic carbocycles. The van der Waals surface area contributed by atoms with Crippen LogP contribution in [-0.4, -0.2) is 39.4 Å². The second kappa shape index (κ2) is 5.57. The molecule has 1 rings (SSSR count). The van der Waals surface area contributed by atoms with Crippen molar-refractivity contribution in [3.05, 3.63) is 24.3 Å². The van der Waals surface area contributed by atoms with Crippen LogP contribution < -0.4 is 4.72 Å². The number of anilines is 1. The second-order valence-electron chi connectivity index (χ2n) is 3.68. The van der Waals surface area contributed by atoms with E-state index in [1.165, 1.54) is 31.2 Å². The number of hydrogen-bond donors (Lipinski definition) is 2. The first-order valence-corrected chi connectivity index (χ1v) is 8.52. The average molecular weight is 307 g/mol. The summed E-state index contributed by atoms with van der Waals surface area (Å²) in [6.45, 7) is 1.50. The molecule has 0 aliphatic rings. The summed E-state index contributed by atoms with van der Waals surface area (Å²) >= 11 is 0. The molecule has 0 aromatic heterocycles. The number of rotatable bonds is 6. The molecule has 0 saturated heterocycles. The van der Waals surface area contributed by atoms with Crippen LogP contribution in [0.5, 0.6) is 0 Å². The van der Waals surface area contributed by atoms with Gasteiger partial charge in [-0.25, -0.2) is 16.8 Å². The Bertz CT molecular complexity index is 660. The first kappa shape index (κ1) is 15.4. The van der Waals surface area contributed by atoms with E-state index in [-0.39, 0.29) is 16.3 Å². The van der Waals surface area contributed by atoms with Crippen molar-refractivity contribution in [1.29, 1.82) is 0 Å². The second-order valence-corrected chi connectivity index (χ2v) is 7.68. The zero-order valence-corrected chi connectivity index (χ0v) is 11.7. The van der Waals surface area contributed by atoms with E-state index >= 15 is 0 Å².